The Morgan fingerprint density at radius 3 is 3.15 bits per heavy atom. The molecule has 1 aliphatic heterocycles. The minimum atomic E-state index is 0.753. The first-order valence-electron chi connectivity index (χ1n) is 4.09. The molecule has 2 rings (SSSR count). The molecular formula is C9H9ClN2S. The maximum Gasteiger partial charge on any atom is 0.112 e. The summed E-state index contributed by atoms with van der Waals surface area (Å²) in [5.41, 5.74) is 1.00. The van der Waals surface area contributed by atoms with E-state index in [9.17, 15) is 0 Å². The Morgan fingerprint density at radius 2 is 2.38 bits per heavy atom. The van der Waals surface area contributed by atoms with Gasteiger partial charge in [0, 0.05) is 11.4 Å². The highest BCUT2D eigenvalue weighted by atomic mass is 35.5. The molecule has 2 nitrogen and oxygen atoms in total. The maximum absolute atomic E-state index is 5.86. The second-order valence-corrected chi connectivity index (χ2v) is 4.01. The van der Waals surface area contributed by atoms with Gasteiger partial charge >= 0.3 is 0 Å². The molecule has 0 spiro atoms. The number of rotatable bonds is 1. The first-order valence-corrected chi connectivity index (χ1v) is 5.29. The predicted octanol–water partition coefficient (Wildman–Crippen LogP) is 3.39. The number of hydrogen-bond donors (Lipinski definition) is 1. The van der Waals surface area contributed by atoms with Gasteiger partial charge in [-0.1, -0.05) is 18.5 Å². The molecule has 0 atom stereocenters. The summed E-state index contributed by atoms with van der Waals surface area (Å²) in [5.74, 6) is 1.01. The van der Waals surface area contributed by atoms with Crippen LogP contribution in [0.5, 0.6) is 0 Å². The molecule has 0 saturated carbocycles. The summed E-state index contributed by atoms with van der Waals surface area (Å²) >= 11 is 7.43. The van der Waals surface area contributed by atoms with Crippen molar-refractivity contribution in [3.8, 4) is 0 Å². The number of nitrogens with zero attached hydrogens (tertiary/aromatic N) is 1. The van der Waals surface area contributed by atoms with Crippen molar-refractivity contribution in [3.63, 3.8) is 0 Å². The standard InChI is InChI=1S/C9H9ClN2S/c1-2-9-11-7-4-3-6(10)5-8(7)13-12-9/h3-5H,2H2,1H3,(H,11,12). The monoisotopic (exact) mass is 212 g/mol. The third-order valence-electron chi connectivity index (χ3n) is 1.79. The third kappa shape index (κ3) is 1.81. The van der Waals surface area contributed by atoms with Crippen molar-refractivity contribution in [1.82, 2.24) is 4.72 Å². The Hall–Kier alpha value is -0.670. The number of amidine groups is 1. The lowest BCUT2D eigenvalue weighted by atomic mass is 10.3. The van der Waals surface area contributed by atoms with Gasteiger partial charge in [-0.05, 0) is 30.1 Å². The van der Waals surface area contributed by atoms with Gasteiger partial charge in [-0.15, -0.1) is 0 Å². The maximum atomic E-state index is 5.86. The largest absolute Gasteiger partial charge is 0.314 e. The van der Waals surface area contributed by atoms with Gasteiger partial charge in [0.25, 0.3) is 0 Å². The van der Waals surface area contributed by atoms with Crippen molar-refractivity contribution in [1.29, 1.82) is 0 Å². The summed E-state index contributed by atoms with van der Waals surface area (Å²) < 4.78 is 3.16. The SMILES string of the molecule is CCC1=Nc2ccc(Cl)cc2SN1. The van der Waals surface area contributed by atoms with Gasteiger partial charge in [0.05, 0.1) is 10.6 Å². The van der Waals surface area contributed by atoms with E-state index in [1.165, 1.54) is 0 Å². The van der Waals surface area contributed by atoms with Crippen LogP contribution >= 0.6 is 23.5 Å². The molecular weight excluding hydrogens is 204 g/mol. The van der Waals surface area contributed by atoms with E-state index in [0.29, 0.717) is 0 Å². The van der Waals surface area contributed by atoms with Crippen LogP contribution in [0.25, 0.3) is 0 Å². The number of aliphatic imine (C=N–C) groups is 1. The number of benzene rings is 1. The van der Waals surface area contributed by atoms with E-state index in [0.717, 1.165) is 27.9 Å². The van der Waals surface area contributed by atoms with E-state index >= 15 is 0 Å². The molecule has 13 heavy (non-hydrogen) atoms. The molecule has 0 radical (unpaired) electrons. The summed E-state index contributed by atoms with van der Waals surface area (Å²) in [6.07, 6.45) is 0.926. The second-order valence-electron chi connectivity index (χ2n) is 2.73. The normalized spacial score (nSPS) is 14.5. The summed E-state index contributed by atoms with van der Waals surface area (Å²) in [7, 11) is 0. The highest BCUT2D eigenvalue weighted by molar-refractivity contribution is 7.98. The molecule has 0 saturated heterocycles. The van der Waals surface area contributed by atoms with E-state index in [1.54, 1.807) is 11.9 Å². The summed E-state index contributed by atoms with van der Waals surface area (Å²) in [6.45, 7) is 2.08. The lowest BCUT2D eigenvalue weighted by molar-refractivity contribution is 1.17. The predicted molar refractivity (Wildman–Crippen MR) is 57.8 cm³/mol. The molecule has 0 aromatic heterocycles. The highest BCUT2D eigenvalue weighted by Crippen LogP contribution is 2.33. The Balaban J connectivity index is 2.42. The van der Waals surface area contributed by atoms with Crippen LogP contribution in [0.2, 0.25) is 5.02 Å². The molecule has 0 fully saturated rings. The van der Waals surface area contributed by atoms with Crippen molar-refractivity contribution >= 4 is 35.1 Å². The molecule has 4 heteroatoms. The molecule has 0 unspecified atom stereocenters. The quantitative estimate of drug-likeness (QED) is 0.722. The number of halogens is 1. The van der Waals surface area contributed by atoms with Crippen molar-refractivity contribution in [2.24, 2.45) is 4.99 Å². The average Bonchev–Trinajstić information content (AvgIpc) is 2.17. The topological polar surface area (TPSA) is 24.4 Å². The Labute approximate surface area is 86.5 Å². The molecule has 1 N–H and O–H groups in total. The Morgan fingerprint density at radius 1 is 1.54 bits per heavy atom. The van der Waals surface area contributed by atoms with E-state index in [2.05, 4.69) is 16.6 Å². The first kappa shape index (κ1) is 8.91. The molecule has 0 amide bonds. The van der Waals surface area contributed by atoms with Crippen LogP contribution in [-0.4, -0.2) is 5.84 Å². The van der Waals surface area contributed by atoms with Gasteiger partial charge in [0.2, 0.25) is 0 Å². The van der Waals surface area contributed by atoms with Gasteiger partial charge < -0.3 is 4.72 Å². The second kappa shape index (κ2) is 3.60. The van der Waals surface area contributed by atoms with Gasteiger partial charge in [-0.2, -0.15) is 0 Å². The number of fused-ring (bicyclic) bond motifs is 1. The van der Waals surface area contributed by atoms with Crippen LogP contribution in [0.3, 0.4) is 0 Å². The lowest BCUT2D eigenvalue weighted by Gasteiger charge is -2.15. The van der Waals surface area contributed by atoms with Gasteiger partial charge in [0.1, 0.15) is 5.84 Å². The van der Waals surface area contributed by atoms with E-state index in [1.807, 2.05) is 18.2 Å². The van der Waals surface area contributed by atoms with E-state index < -0.39 is 0 Å². The zero-order valence-electron chi connectivity index (χ0n) is 7.17. The van der Waals surface area contributed by atoms with Crippen LogP contribution in [0, 0.1) is 0 Å². The molecule has 1 aromatic carbocycles. The fourth-order valence-corrected chi connectivity index (χ4v) is 2.15. The van der Waals surface area contributed by atoms with Crippen LogP contribution < -0.4 is 4.72 Å². The summed E-state index contributed by atoms with van der Waals surface area (Å²) in [6, 6.07) is 5.73. The van der Waals surface area contributed by atoms with Gasteiger partial charge in [-0.25, -0.2) is 4.99 Å². The summed E-state index contributed by atoms with van der Waals surface area (Å²) in [4.78, 5) is 5.52. The fraction of sp³-hybridized carbons (Fsp3) is 0.222. The highest BCUT2D eigenvalue weighted by Gasteiger charge is 2.10. The molecule has 1 heterocycles. The summed E-state index contributed by atoms with van der Waals surface area (Å²) in [5, 5.41) is 0.753. The van der Waals surface area contributed by atoms with Crippen LogP contribution in [0.15, 0.2) is 28.1 Å². The van der Waals surface area contributed by atoms with Crippen LogP contribution in [0.4, 0.5) is 5.69 Å². The Kier molecular flexibility index (Phi) is 2.47. The van der Waals surface area contributed by atoms with Crippen LogP contribution in [0.1, 0.15) is 13.3 Å². The van der Waals surface area contributed by atoms with Crippen molar-refractivity contribution < 1.29 is 0 Å². The van der Waals surface area contributed by atoms with E-state index in [-0.39, 0.29) is 0 Å². The zero-order chi connectivity index (χ0) is 9.26. The smallest absolute Gasteiger partial charge is 0.112 e. The molecule has 0 bridgehead atoms. The Bertz CT molecular complexity index is 363. The third-order valence-corrected chi connectivity index (χ3v) is 2.91. The minimum absolute atomic E-state index is 0.753. The lowest BCUT2D eigenvalue weighted by Crippen LogP contribution is -2.16. The fourth-order valence-electron chi connectivity index (χ4n) is 1.10. The molecule has 1 aromatic rings. The van der Waals surface area contributed by atoms with Gasteiger partial charge in [-0.3, -0.25) is 0 Å². The van der Waals surface area contributed by atoms with Crippen molar-refractivity contribution in [2.45, 2.75) is 18.2 Å². The average molecular weight is 213 g/mol. The van der Waals surface area contributed by atoms with Crippen molar-refractivity contribution in [3.05, 3.63) is 23.2 Å². The molecule has 68 valence electrons. The number of hydrogen-bond acceptors (Lipinski definition) is 3. The number of nitrogens with one attached hydrogen (secondary N) is 1. The van der Waals surface area contributed by atoms with Gasteiger partial charge in [0.15, 0.2) is 0 Å². The molecule has 1 aliphatic rings. The van der Waals surface area contributed by atoms with Crippen molar-refractivity contribution in [2.75, 3.05) is 0 Å². The first-order chi connectivity index (χ1) is 6.29. The zero-order valence-corrected chi connectivity index (χ0v) is 8.75. The van der Waals surface area contributed by atoms with E-state index in [4.69, 9.17) is 11.6 Å². The van der Waals surface area contributed by atoms with Crippen LogP contribution in [-0.2, 0) is 0 Å². The minimum Gasteiger partial charge on any atom is -0.314 e. The molecule has 0 aliphatic carbocycles.